The first-order valence-electron chi connectivity index (χ1n) is 7.38. The fourth-order valence-electron chi connectivity index (χ4n) is 3.08. The van der Waals surface area contributed by atoms with Crippen molar-refractivity contribution in [3.05, 3.63) is 30.4 Å². The van der Waals surface area contributed by atoms with Gasteiger partial charge in [-0.05, 0) is 37.9 Å². The maximum atomic E-state index is 5.86. The fourth-order valence-corrected chi connectivity index (χ4v) is 3.08. The van der Waals surface area contributed by atoms with Crippen molar-refractivity contribution in [1.29, 1.82) is 0 Å². The molecule has 4 rings (SSSR count). The highest BCUT2D eigenvalue weighted by Gasteiger charge is 2.34. The molecule has 0 N–H and O–H groups in total. The lowest BCUT2D eigenvalue weighted by Crippen LogP contribution is -2.38. The second kappa shape index (κ2) is 4.98. The number of likely N-dealkylation sites (tertiary alicyclic amines) is 1. The number of hydrogen-bond acceptors (Lipinski definition) is 5. The van der Waals surface area contributed by atoms with Crippen molar-refractivity contribution in [2.24, 2.45) is 0 Å². The zero-order valence-corrected chi connectivity index (χ0v) is 11.4. The normalized spacial score (nSPS) is 23.9. The lowest BCUT2D eigenvalue weighted by Gasteiger charge is -2.34. The quantitative estimate of drug-likeness (QED) is 0.857. The first-order valence-corrected chi connectivity index (χ1v) is 7.38. The fraction of sp³-hybridized carbons (Fsp3) is 0.533. The van der Waals surface area contributed by atoms with Gasteiger partial charge in [-0.15, -0.1) is 10.2 Å². The SMILES string of the molecule is c1cc(-c2nnc([C@H]3CCN(C4CCC4)C3)o2)ccn1. The lowest BCUT2D eigenvalue weighted by molar-refractivity contribution is 0.156. The summed E-state index contributed by atoms with van der Waals surface area (Å²) in [6.07, 6.45) is 8.73. The number of rotatable bonds is 3. The van der Waals surface area contributed by atoms with Gasteiger partial charge < -0.3 is 4.42 Å². The van der Waals surface area contributed by atoms with Gasteiger partial charge in [-0.3, -0.25) is 9.88 Å². The molecule has 1 saturated carbocycles. The van der Waals surface area contributed by atoms with Crippen molar-refractivity contribution in [3.8, 4) is 11.5 Å². The van der Waals surface area contributed by atoms with E-state index in [1.54, 1.807) is 12.4 Å². The topological polar surface area (TPSA) is 55.1 Å². The Morgan fingerprint density at radius 1 is 1.10 bits per heavy atom. The molecule has 1 atom stereocenters. The predicted molar refractivity (Wildman–Crippen MR) is 74.1 cm³/mol. The zero-order valence-electron chi connectivity index (χ0n) is 11.4. The summed E-state index contributed by atoms with van der Waals surface area (Å²) in [5.41, 5.74) is 0.938. The maximum absolute atomic E-state index is 5.86. The third-order valence-electron chi connectivity index (χ3n) is 4.53. The van der Waals surface area contributed by atoms with Crippen LogP contribution >= 0.6 is 0 Å². The Balaban J connectivity index is 1.48. The molecule has 5 heteroatoms. The summed E-state index contributed by atoms with van der Waals surface area (Å²) in [5.74, 6) is 1.79. The molecule has 2 aromatic heterocycles. The van der Waals surface area contributed by atoms with Gasteiger partial charge in [0, 0.05) is 30.5 Å². The van der Waals surface area contributed by atoms with Gasteiger partial charge in [-0.25, -0.2) is 0 Å². The number of pyridine rings is 1. The molecule has 3 heterocycles. The second-order valence-corrected chi connectivity index (χ2v) is 5.75. The largest absolute Gasteiger partial charge is 0.420 e. The van der Waals surface area contributed by atoms with Crippen LogP contribution < -0.4 is 0 Å². The monoisotopic (exact) mass is 270 g/mol. The van der Waals surface area contributed by atoms with E-state index in [-0.39, 0.29) is 0 Å². The summed E-state index contributed by atoms with van der Waals surface area (Å²) in [5, 5.41) is 8.42. The van der Waals surface area contributed by atoms with Gasteiger partial charge in [0.25, 0.3) is 0 Å². The molecular formula is C15H18N4O. The molecule has 2 aromatic rings. The summed E-state index contributed by atoms with van der Waals surface area (Å²) < 4.78 is 5.86. The van der Waals surface area contributed by atoms with Crippen LogP contribution in [-0.2, 0) is 0 Å². The van der Waals surface area contributed by atoms with E-state index in [9.17, 15) is 0 Å². The molecule has 0 radical (unpaired) electrons. The standard InChI is InChI=1S/C15H18N4O/c1-2-13(3-1)19-9-6-12(10-19)15-18-17-14(20-15)11-4-7-16-8-5-11/h4-5,7-8,12-13H,1-3,6,9-10H2/t12-/m0/s1. The Morgan fingerprint density at radius 3 is 2.70 bits per heavy atom. The van der Waals surface area contributed by atoms with Gasteiger partial charge in [0.1, 0.15) is 0 Å². The average Bonchev–Trinajstić information content (AvgIpc) is 3.06. The van der Waals surface area contributed by atoms with Crippen LogP contribution in [0.5, 0.6) is 0 Å². The van der Waals surface area contributed by atoms with E-state index >= 15 is 0 Å². The summed E-state index contributed by atoms with van der Waals surface area (Å²) >= 11 is 0. The second-order valence-electron chi connectivity index (χ2n) is 5.75. The van der Waals surface area contributed by atoms with E-state index in [2.05, 4.69) is 20.1 Å². The average molecular weight is 270 g/mol. The van der Waals surface area contributed by atoms with Crippen LogP contribution in [-0.4, -0.2) is 39.2 Å². The van der Waals surface area contributed by atoms with E-state index in [1.807, 2.05) is 12.1 Å². The van der Waals surface area contributed by atoms with Crippen molar-refractivity contribution < 1.29 is 4.42 Å². The third kappa shape index (κ3) is 2.12. The molecule has 20 heavy (non-hydrogen) atoms. The lowest BCUT2D eigenvalue weighted by atomic mass is 9.92. The van der Waals surface area contributed by atoms with Crippen LogP contribution in [0.2, 0.25) is 0 Å². The summed E-state index contributed by atoms with van der Waals surface area (Å²) in [6, 6.07) is 4.60. The Labute approximate surface area is 118 Å². The highest BCUT2D eigenvalue weighted by molar-refractivity contribution is 5.50. The van der Waals surface area contributed by atoms with Gasteiger partial charge >= 0.3 is 0 Å². The Morgan fingerprint density at radius 2 is 1.95 bits per heavy atom. The molecule has 5 nitrogen and oxygen atoms in total. The molecule has 1 aliphatic carbocycles. The number of aromatic nitrogens is 3. The van der Waals surface area contributed by atoms with E-state index < -0.39 is 0 Å². The van der Waals surface area contributed by atoms with E-state index in [0.717, 1.165) is 30.5 Å². The minimum Gasteiger partial charge on any atom is -0.420 e. The van der Waals surface area contributed by atoms with Crippen LogP contribution in [0.15, 0.2) is 28.9 Å². The van der Waals surface area contributed by atoms with Gasteiger partial charge in [-0.2, -0.15) is 0 Å². The Kier molecular flexibility index (Phi) is 2.99. The first-order chi connectivity index (χ1) is 9.90. The molecule has 0 spiro atoms. The zero-order chi connectivity index (χ0) is 13.4. The molecule has 2 aliphatic rings. The highest BCUT2D eigenvalue weighted by atomic mass is 16.4. The molecule has 104 valence electrons. The molecule has 0 amide bonds. The van der Waals surface area contributed by atoms with Crippen LogP contribution in [0.25, 0.3) is 11.5 Å². The maximum Gasteiger partial charge on any atom is 0.247 e. The van der Waals surface area contributed by atoms with Crippen molar-refractivity contribution in [3.63, 3.8) is 0 Å². The van der Waals surface area contributed by atoms with E-state index in [0.29, 0.717) is 11.8 Å². The van der Waals surface area contributed by atoms with Crippen LogP contribution in [0.3, 0.4) is 0 Å². The number of hydrogen-bond donors (Lipinski definition) is 0. The van der Waals surface area contributed by atoms with Crippen LogP contribution in [0.4, 0.5) is 0 Å². The van der Waals surface area contributed by atoms with E-state index in [4.69, 9.17) is 4.42 Å². The third-order valence-corrected chi connectivity index (χ3v) is 4.53. The molecule has 0 unspecified atom stereocenters. The van der Waals surface area contributed by atoms with E-state index in [1.165, 1.54) is 25.8 Å². The van der Waals surface area contributed by atoms with Crippen molar-refractivity contribution in [2.75, 3.05) is 13.1 Å². The molecule has 2 fully saturated rings. The summed E-state index contributed by atoms with van der Waals surface area (Å²) in [7, 11) is 0. The summed E-state index contributed by atoms with van der Waals surface area (Å²) in [6.45, 7) is 2.24. The van der Waals surface area contributed by atoms with Crippen molar-refractivity contribution >= 4 is 0 Å². The molecule has 0 bridgehead atoms. The Bertz CT molecular complexity index is 579. The van der Waals surface area contributed by atoms with Gasteiger partial charge in [0.2, 0.25) is 11.8 Å². The minimum atomic E-state index is 0.402. The molecule has 1 saturated heterocycles. The van der Waals surface area contributed by atoms with Crippen LogP contribution in [0.1, 0.15) is 37.5 Å². The van der Waals surface area contributed by atoms with Gasteiger partial charge in [-0.1, -0.05) is 6.42 Å². The molecule has 1 aliphatic heterocycles. The van der Waals surface area contributed by atoms with Gasteiger partial charge in [0.15, 0.2) is 0 Å². The summed E-state index contributed by atoms with van der Waals surface area (Å²) in [4.78, 5) is 6.59. The minimum absolute atomic E-state index is 0.402. The predicted octanol–water partition coefficient (Wildman–Crippen LogP) is 2.47. The van der Waals surface area contributed by atoms with Crippen molar-refractivity contribution in [2.45, 2.75) is 37.6 Å². The van der Waals surface area contributed by atoms with Crippen LogP contribution in [0, 0.1) is 0 Å². The highest BCUT2D eigenvalue weighted by Crippen LogP contribution is 2.34. The smallest absolute Gasteiger partial charge is 0.247 e. The number of nitrogens with zero attached hydrogens (tertiary/aromatic N) is 4. The van der Waals surface area contributed by atoms with Gasteiger partial charge in [0.05, 0.1) is 5.92 Å². The molecule has 0 aromatic carbocycles. The first kappa shape index (κ1) is 12.0. The molecular weight excluding hydrogens is 252 g/mol. The Hall–Kier alpha value is -1.75. The van der Waals surface area contributed by atoms with Crippen molar-refractivity contribution in [1.82, 2.24) is 20.1 Å².